The predicted molar refractivity (Wildman–Crippen MR) is 78.9 cm³/mol. The van der Waals surface area contributed by atoms with Crippen molar-refractivity contribution in [2.45, 2.75) is 12.8 Å². The molecule has 2 aromatic carbocycles. The molecule has 0 saturated carbocycles. The summed E-state index contributed by atoms with van der Waals surface area (Å²) in [7, 11) is 0. The van der Waals surface area contributed by atoms with Gasteiger partial charge < -0.3 is 9.84 Å². The van der Waals surface area contributed by atoms with Gasteiger partial charge in [0.1, 0.15) is 11.5 Å². The summed E-state index contributed by atoms with van der Waals surface area (Å²) in [5, 5.41) is 9.61. The van der Waals surface area contributed by atoms with Crippen LogP contribution in [0.5, 0.6) is 11.5 Å². The van der Waals surface area contributed by atoms with E-state index in [4.69, 9.17) is 33.0 Å². The van der Waals surface area contributed by atoms with Gasteiger partial charge in [-0.25, -0.2) is 0 Å². The number of ether oxygens (including phenoxy) is 1. The maximum Gasteiger partial charge on any atom is 0.303 e. The number of rotatable bonds is 5. The first-order chi connectivity index (χ1) is 9.54. The van der Waals surface area contributed by atoms with Gasteiger partial charge in [-0.2, -0.15) is 0 Å². The quantitative estimate of drug-likeness (QED) is 0.862. The first kappa shape index (κ1) is 14.7. The molecule has 0 aliphatic carbocycles. The van der Waals surface area contributed by atoms with Crippen LogP contribution in [0.1, 0.15) is 12.0 Å². The summed E-state index contributed by atoms with van der Waals surface area (Å²) in [5.74, 6) is 0.348. The second kappa shape index (κ2) is 6.64. The molecule has 0 aliphatic rings. The van der Waals surface area contributed by atoms with Crippen LogP contribution in [0.4, 0.5) is 0 Å². The highest BCUT2D eigenvalue weighted by molar-refractivity contribution is 6.35. The molecule has 0 unspecified atom stereocenters. The van der Waals surface area contributed by atoms with Crippen LogP contribution in [-0.2, 0) is 11.2 Å². The van der Waals surface area contributed by atoms with E-state index in [-0.39, 0.29) is 6.42 Å². The third-order valence-corrected chi connectivity index (χ3v) is 3.20. The number of halogens is 2. The molecular formula is C15H12Cl2O3. The molecule has 0 radical (unpaired) electrons. The van der Waals surface area contributed by atoms with Gasteiger partial charge in [-0.15, -0.1) is 0 Å². The van der Waals surface area contributed by atoms with E-state index >= 15 is 0 Å². The number of hydrogen-bond donors (Lipinski definition) is 1. The van der Waals surface area contributed by atoms with Gasteiger partial charge >= 0.3 is 5.97 Å². The van der Waals surface area contributed by atoms with Crippen molar-refractivity contribution in [3.05, 3.63) is 58.1 Å². The van der Waals surface area contributed by atoms with Crippen molar-refractivity contribution in [2.24, 2.45) is 0 Å². The van der Waals surface area contributed by atoms with Gasteiger partial charge in [-0.05, 0) is 42.3 Å². The van der Waals surface area contributed by atoms with Crippen molar-refractivity contribution in [1.29, 1.82) is 0 Å². The van der Waals surface area contributed by atoms with Gasteiger partial charge in [-0.3, -0.25) is 4.79 Å². The molecule has 5 heteroatoms. The molecule has 0 spiro atoms. The van der Waals surface area contributed by atoms with E-state index in [1.807, 2.05) is 12.1 Å². The molecule has 0 atom stereocenters. The Morgan fingerprint density at radius 3 is 2.40 bits per heavy atom. The highest BCUT2D eigenvalue weighted by atomic mass is 35.5. The number of carboxylic acid groups (broad SMARTS) is 1. The first-order valence-corrected chi connectivity index (χ1v) is 6.74. The number of aliphatic carboxylic acids is 1. The van der Waals surface area contributed by atoms with Crippen LogP contribution in [0.2, 0.25) is 10.0 Å². The minimum absolute atomic E-state index is 0.114. The smallest absolute Gasteiger partial charge is 0.303 e. The van der Waals surface area contributed by atoms with Crippen molar-refractivity contribution < 1.29 is 14.6 Å². The molecule has 2 aromatic rings. The van der Waals surface area contributed by atoms with Crippen LogP contribution in [0, 0.1) is 0 Å². The summed E-state index contributed by atoms with van der Waals surface area (Å²) < 4.78 is 5.64. The zero-order chi connectivity index (χ0) is 14.5. The molecule has 1 N–H and O–H groups in total. The third kappa shape index (κ3) is 4.15. The molecule has 20 heavy (non-hydrogen) atoms. The lowest BCUT2D eigenvalue weighted by Crippen LogP contribution is -1.97. The van der Waals surface area contributed by atoms with Crippen molar-refractivity contribution in [3.8, 4) is 11.5 Å². The van der Waals surface area contributed by atoms with Gasteiger partial charge in [0, 0.05) is 11.4 Å². The molecule has 0 heterocycles. The van der Waals surface area contributed by atoms with E-state index in [1.165, 1.54) is 0 Å². The van der Waals surface area contributed by atoms with Crippen LogP contribution in [0.15, 0.2) is 42.5 Å². The largest absolute Gasteiger partial charge is 0.481 e. The Balaban J connectivity index is 2.05. The average molecular weight is 311 g/mol. The number of carboxylic acids is 1. The van der Waals surface area contributed by atoms with Crippen LogP contribution < -0.4 is 4.74 Å². The minimum atomic E-state index is -0.807. The van der Waals surface area contributed by atoms with Crippen LogP contribution in [0.3, 0.4) is 0 Å². The van der Waals surface area contributed by atoms with E-state index in [0.29, 0.717) is 28.0 Å². The van der Waals surface area contributed by atoms with E-state index in [2.05, 4.69) is 0 Å². The maximum absolute atomic E-state index is 10.5. The average Bonchev–Trinajstić information content (AvgIpc) is 2.41. The lowest BCUT2D eigenvalue weighted by atomic mass is 10.1. The predicted octanol–water partition coefficient (Wildman–Crippen LogP) is 4.80. The molecule has 0 amide bonds. The summed E-state index contributed by atoms with van der Waals surface area (Å²) in [4.78, 5) is 10.5. The van der Waals surface area contributed by atoms with Gasteiger partial charge in [0.15, 0.2) is 0 Å². The number of aryl methyl sites for hydroxylation is 1. The third-order valence-electron chi connectivity index (χ3n) is 2.67. The molecular weight excluding hydrogens is 299 g/mol. The highest BCUT2D eigenvalue weighted by Crippen LogP contribution is 2.31. The fourth-order valence-corrected chi connectivity index (χ4v) is 2.11. The van der Waals surface area contributed by atoms with Gasteiger partial charge in [0.25, 0.3) is 0 Å². The Morgan fingerprint density at radius 1 is 1.10 bits per heavy atom. The summed E-state index contributed by atoms with van der Waals surface area (Å²) in [6.45, 7) is 0. The van der Waals surface area contributed by atoms with E-state index in [9.17, 15) is 4.79 Å². The molecule has 2 rings (SSSR count). The fourth-order valence-electron chi connectivity index (χ4n) is 1.66. The Morgan fingerprint density at radius 2 is 1.80 bits per heavy atom. The Kier molecular flexibility index (Phi) is 4.88. The summed E-state index contributed by atoms with van der Waals surface area (Å²) in [6, 6.07) is 12.2. The van der Waals surface area contributed by atoms with Crippen LogP contribution in [0.25, 0.3) is 0 Å². The Labute approximate surface area is 126 Å². The number of hydrogen-bond acceptors (Lipinski definition) is 2. The molecule has 3 nitrogen and oxygen atoms in total. The van der Waals surface area contributed by atoms with Crippen molar-refractivity contribution in [3.63, 3.8) is 0 Å². The number of carbonyl (C=O) groups is 1. The molecule has 0 aliphatic heterocycles. The second-order valence-corrected chi connectivity index (χ2v) is 5.06. The SMILES string of the molecule is O=C(O)CCc1ccc(Oc2ccc(Cl)cc2Cl)cc1. The molecule has 104 valence electrons. The lowest BCUT2D eigenvalue weighted by Gasteiger charge is -2.08. The molecule has 0 aromatic heterocycles. The Bertz CT molecular complexity index is 609. The summed E-state index contributed by atoms with van der Waals surface area (Å²) >= 11 is 11.8. The maximum atomic E-state index is 10.5. The second-order valence-electron chi connectivity index (χ2n) is 4.21. The standard InChI is InChI=1S/C15H12Cl2O3/c16-11-4-7-14(13(17)9-11)20-12-5-1-10(2-6-12)3-8-15(18)19/h1-2,4-7,9H,3,8H2,(H,18,19). The van der Waals surface area contributed by atoms with Crippen LogP contribution >= 0.6 is 23.2 Å². The summed E-state index contributed by atoms with van der Waals surface area (Å²) in [6.07, 6.45) is 0.612. The highest BCUT2D eigenvalue weighted by Gasteiger charge is 2.04. The lowest BCUT2D eigenvalue weighted by molar-refractivity contribution is -0.136. The van der Waals surface area contributed by atoms with Crippen molar-refractivity contribution in [1.82, 2.24) is 0 Å². The van der Waals surface area contributed by atoms with Crippen molar-refractivity contribution >= 4 is 29.2 Å². The van der Waals surface area contributed by atoms with Gasteiger partial charge in [-0.1, -0.05) is 35.3 Å². The minimum Gasteiger partial charge on any atom is -0.481 e. The van der Waals surface area contributed by atoms with Gasteiger partial charge in [0.2, 0.25) is 0 Å². The monoisotopic (exact) mass is 310 g/mol. The van der Waals surface area contributed by atoms with Crippen LogP contribution in [-0.4, -0.2) is 11.1 Å². The normalized spacial score (nSPS) is 10.3. The van der Waals surface area contributed by atoms with E-state index in [0.717, 1.165) is 5.56 Å². The zero-order valence-electron chi connectivity index (χ0n) is 10.5. The van der Waals surface area contributed by atoms with E-state index < -0.39 is 5.97 Å². The first-order valence-electron chi connectivity index (χ1n) is 5.98. The Hall–Kier alpha value is -1.71. The van der Waals surface area contributed by atoms with Gasteiger partial charge in [0.05, 0.1) is 5.02 Å². The topological polar surface area (TPSA) is 46.5 Å². The molecule has 0 fully saturated rings. The van der Waals surface area contributed by atoms with E-state index in [1.54, 1.807) is 30.3 Å². The number of benzene rings is 2. The fraction of sp³-hybridized carbons (Fsp3) is 0.133. The zero-order valence-corrected chi connectivity index (χ0v) is 12.0. The van der Waals surface area contributed by atoms with Crippen molar-refractivity contribution in [2.75, 3.05) is 0 Å². The molecule has 0 bridgehead atoms. The summed E-state index contributed by atoms with van der Waals surface area (Å²) in [5.41, 5.74) is 0.946. The molecule has 0 saturated heterocycles.